The van der Waals surface area contributed by atoms with Crippen molar-refractivity contribution in [2.24, 2.45) is 0 Å². The monoisotopic (exact) mass is 551 g/mol. The molecule has 2 saturated heterocycles. The van der Waals surface area contributed by atoms with E-state index in [1.54, 1.807) is 0 Å². The number of rotatable bonds is 7. The number of ether oxygens (including phenoxy) is 1. The Hall–Kier alpha value is -2.67. The lowest BCUT2D eigenvalue weighted by Gasteiger charge is -2.44. The van der Waals surface area contributed by atoms with Crippen LogP contribution >= 0.6 is 0 Å². The van der Waals surface area contributed by atoms with Crippen LogP contribution in [0.2, 0.25) is 0 Å². The molecule has 0 bridgehead atoms. The topological polar surface area (TPSA) is 90.8 Å². The summed E-state index contributed by atoms with van der Waals surface area (Å²) in [5.74, 6) is -1.35. The first-order valence-electron chi connectivity index (χ1n) is 13.3. The van der Waals surface area contributed by atoms with Gasteiger partial charge in [0.05, 0.1) is 29.4 Å². The molecule has 2 fully saturated rings. The summed E-state index contributed by atoms with van der Waals surface area (Å²) in [6, 6.07) is 2.77. The number of fused-ring (bicyclic) bond motifs is 1. The normalized spacial score (nSPS) is 24.4. The number of halogens is 4. The molecular formula is C27H33F4N5O3. The second kappa shape index (κ2) is 11.4. The highest BCUT2D eigenvalue weighted by molar-refractivity contribution is 5.64. The second-order valence-electron chi connectivity index (χ2n) is 10.6. The van der Waals surface area contributed by atoms with Crippen molar-refractivity contribution in [1.29, 1.82) is 0 Å². The number of aliphatic hydroxyl groups is 1. The Morgan fingerprint density at radius 3 is 2.51 bits per heavy atom. The van der Waals surface area contributed by atoms with Gasteiger partial charge in [0.15, 0.2) is 0 Å². The van der Waals surface area contributed by atoms with E-state index >= 15 is 0 Å². The van der Waals surface area contributed by atoms with Crippen LogP contribution in [0.4, 0.5) is 23.4 Å². The van der Waals surface area contributed by atoms with Crippen molar-refractivity contribution in [3.8, 4) is 0 Å². The number of hydrogen-bond acceptors (Lipinski definition) is 8. The molecule has 1 aromatic carbocycles. The summed E-state index contributed by atoms with van der Waals surface area (Å²) in [5.41, 5.74) is 0.467. The zero-order chi connectivity index (χ0) is 27.7. The van der Waals surface area contributed by atoms with Crippen LogP contribution in [0.15, 0.2) is 24.5 Å². The standard InChI is InChI=1S/C27H33F4N5O3/c1-16-12-22(38)24-23(16)26(33-15-32-24)36-8-6-35(7-9-36)25(34-18-4-10-39-11-5-18)19(14-37)17-2-3-20(21(28)13-17)27(29,30)31/h2-3,13-16,18-19,22,25,34,38H,4-12H2,1H3/t16-,19?,22+,25?/m1/s1. The molecule has 0 amide bonds. The van der Waals surface area contributed by atoms with E-state index in [2.05, 4.69) is 25.1 Å². The fourth-order valence-corrected chi connectivity index (χ4v) is 6.01. The number of anilines is 1. The summed E-state index contributed by atoms with van der Waals surface area (Å²) in [7, 11) is 0. The van der Waals surface area contributed by atoms with Gasteiger partial charge in [0.2, 0.25) is 0 Å². The van der Waals surface area contributed by atoms with E-state index in [4.69, 9.17) is 4.74 Å². The summed E-state index contributed by atoms with van der Waals surface area (Å²) in [4.78, 5) is 25.5. The average molecular weight is 552 g/mol. The predicted molar refractivity (Wildman–Crippen MR) is 135 cm³/mol. The molecule has 0 radical (unpaired) electrons. The first kappa shape index (κ1) is 27.9. The average Bonchev–Trinajstić information content (AvgIpc) is 3.22. The highest BCUT2D eigenvalue weighted by Gasteiger charge is 2.38. The summed E-state index contributed by atoms with van der Waals surface area (Å²) >= 11 is 0. The maximum absolute atomic E-state index is 14.5. The third kappa shape index (κ3) is 5.79. The van der Waals surface area contributed by atoms with Crippen molar-refractivity contribution < 1.29 is 32.2 Å². The maximum atomic E-state index is 14.5. The van der Waals surface area contributed by atoms with Gasteiger partial charge in [-0.25, -0.2) is 14.4 Å². The molecule has 0 saturated carbocycles. The SMILES string of the molecule is C[C@@H]1C[C@H](O)c2ncnc(N3CCN(C(NC4CCOCC4)C(C=O)c4ccc(C(F)(F)F)c(F)c4)CC3)c21. The summed E-state index contributed by atoms with van der Waals surface area (Å²) in [5, 5.41) is 13.9. The molecule has 2 unspecified atom stereocenters. The molecule has 2 aromatic rings. The van der Waals surface area contributed by atoms with Gasteiger partial charge in [-0.3, -0.25) is 10.2 Å². The predicted octanol–water partition coefficient (Wildman–Crippen LogP) is 3.37. The van der Waals surface area contributed by atoms with Crippen molar-refractivity contribution in [2.75, 3.05) is 44.3 Å². The number of nitrogens with zero attached hydrogens (tertiary/aromatic N) is 4. The lowest BCUT2D eigenvalue weighted by atomic mass is 9.93. The summed E-state index contributed by atoms with van der Waals surface area (Å²) < 4.78 is 59.4. The Bertz CT molecular complexity index is 1170. The lowest BCUT2D eigenvalue weighted by Crippen LogP contribution is -2.59. The van der Waals surface area contributed by atoms with Gasteiger partial charge < -0.3 is 19.5 Å². The maximum Gasteiger partial charge on any atom is 0.419 e. The largest absolute Gasteiger partial charge is 0.419 e. The Balaban J connectivity index is 1.38. The molecule has 5 rings (SSSR count). The van der Waals surface area contributed by atoms with Crippen molar-refractivity contribution in [1.82, 2.24) is 20.2 Å². The number of nitrogens with one attached hydrogen (secondary N) is 1. The Morgan fingerprint density at radius 2 is 1.87 bits per heavy atom. The van der Waals surface area contributed by atoms with E-state index in [0.717, 1.165) is 30.3 Å². The van der Waals surface area contributed by atoms with E-state index in [9.17, 15) is 27.5 Å². The van der Waals surface area contributed by atoms with Crippen LogP contribution < -0.4 is 10.2 Å². The number of benzene rings is 1. The van der Waals surface area contributed by atoms with Crippen molar-refractivity contribution in [3.63, 3.8) is 0 Å². The van der Waals surface area contributed by atoms with E-state index in [1.165, 1.54) is 12.4 Å². The number of alkyl halides is 3. The molecule has 0 spiro atoms. The van der Waals surface area contributed by atoms with E-state index in [0.29, 0.717) is 63.9 Å². The van der Waals surface area contributed by atoms with Gasteiger partial charge in [0.1, 0.15) is 24.2 Å². The molecule has 3 aliphatic rings. The first-order chi connectivity index (χ1) is 18.7. The van der Waals surface area contributed by atoms with E-state index in [1.807, 2.05) is 6.92 Å². The lowest BCUT2D eigenvalue weighted by molar-refractivity contribution is -0.140. The second-order valence-corrected chi connectivity index (χ2v) is 10.6. The quantitative estimate of drug-likeness (QED) is 0.400. The third-order valence-electron chi connectivity index (χ3n) is 8.08. The van der Waals surface area contributed by atoms with Gasteiger partial charge in [-0.15, -0.1) is 0 Å². The van der Waals surface area contributed by atoms with Crippen LogP contribution in [-0.2, 0) is 15.7 Å². The van der Waals surface area contributed by atoms with E-state index in [-0.39, 0.29) is 17.5 Å². The molecule has 39 heavy (non-hydrogen) atoms. The van der Waals surface area contributed by atoms with Crippen molar-refractivity contribution in [3.05, 3.63) is 52.7 Å². The summed E-state index contributed by atoms with van der Waals surface area (Å²) in [6.07, 6.45) is -1.74. The van der Waals surface area contributed by atoms with Crippen LogP contribution in [0.5, 0.6) is 0 Å². The Labute approximate surface area is 224 Å². The molecule has 12 heteroatoms. The highest BCUT2D eigenvalue weighted by Crippen LogP contribution is 2.43. The molecule has 212 valence electrons. The van der Waals surface area contributed by atoms with Crippen LogP contribution in [-0.4, -0.2) is 77.9 Å². The molecule has 8 nitrogen and oxygen atoms in total. The van der Waals surface area contributed by atoms with Gasteiger partial charge in [-0.05, 0) is 42.9 Å². The number of aliphatic hydroxyl groups excluding tert-OH is 1. The van der Waals surface area contributed by atoms with Gasteiger partial charge in [0, 0.05) is 51.0 Å². The molecule has 4 atom stereocenters. The van der Waals surface area contributed by atoms with E-state index < -0.39 is 35.7 Å². The van der Waals surface area contributed by atoms with Crippen LogP contribution in [0.25, 0.3) is 0 Å². The zero-order valence-electron chi connectivity index (χ0n) is 21.7. The van der Waals surface area contributed by atoms with Crippen LogP contribution in [0.1, 0.15) is 66.5 Å². The molecule has 2 N–H and O–H groups in total. The minimum Gasteiger partial charge on any atom is -0.387 e. The minimum absolute atomic E-state index is 0.0518. The number of hydrogen-bond donors (Lipinski definition) is 2. The Morgan fingerprint density at radius 1 is 1.15 bits per heavy atom. The Kier molecular flexibility index (Phi) is 8.18. The van der Waals surface area contributed by atoms with Crippen LogP contribution in [0, 0.1) is 5.82 Å². The molecule has 3 heterocycles. The molecular weight excluding hydrogens is 518 g/mol. The third-order valence-corrected chi connectivity index (χ3v) is 8.08. The number of aldehydes is 1. The minimum atomic E-state index is -4.82. The van der Waals surface area contributed by atoms with Gasteiger partial charge in [-0.2, -0.15) is 13.2 Å². The number of carbonyl (C=O) groups excluding carboxylic acids is 1. The molecule has 1 aliphatic carbocycles. The van der Waals surface area contributed by atoms with Gasteiger partial charge in [0.25, 0.3) is 0 Å². The highest BCUT2D eigenvalue weighted by atomic mass is 19.4. The van der Waals surface area contributed by atoms with Crippen molar-refractivity contribution >= 4 is 12.1 Å². The number of piperazine rings is 1. The number of carbonyl (C=O) groups is 1. The first-order valence-corrected chi connectivity index (χ1v) is 13.3. The zero-order valence-corrected chi connectivity index (χ0v) is 21.7. The molecule has 2 aliphatic heterocycles. The number of aromatic nitrogens is 2. The molecule has 1 aromatic heterocycles. The fraction of sp³-hybridized carbons (Fsp3) is 0.593. The summed E-state index contributed by atoms with van der Waals surface area (Å²) in [6.45, 7) is 5.46. The smallest absolute Gasteiger partial charge is 0.387 e. The van der Waals surface area contributed by atoms with Crippen molar-refractivity contribution in [2.45, 2.75) is 62.5 Å². The van der Waals surface area contributed by atoms with Gasteiger partial charge >= 0.3 is 6.18 Å². The van der Waals surface area contributed by atoms with Crippen LogP contribution in [0.3, 0.4) is 0 Å². The van der Waals surface area contributed by atoms with Gasteiger partial charge in [-0.1, -0.05) is 13.0 Å². The fourth-order valence-electron chi connectivity index (χ4n) is 6.01.